The molecule has 0 atom stereocenters. The van der Waals surface area contributed by atoms with E-state index in [2.05, 4.69) is 10.3 Å². The predicted molar refractivity (Wildman–Crippen MR) is 80.7 cm³/mol. The number of hydrogen-bond acceptors (Lipinski definition) is 5. The monoisotopic (exact) mass is 287 g/mol. The SMILES string of the molecule is Cc1cc(C(N)=S)cc(Nc2ccc3c(c2)OCO3)n1. The lowest BCUT2D eigenvalue weighted by molar-refractivity contribution is 0.174. The molecular formula is C14H13N3O2S. The lowest BCUT2D eigenvalue weighted by atomic mass is 10.2. The number of aromatic nitrogens is 1. The number of aryl methyl sites for hydroxylation is 1. The van der Waals surface area contributed by atoms with Gasteiger partial charge >= 0.3 is 0 Å². The quantitative estimate of drug-likeness (QED) is 0.845. The number of benzene rings is 1. The van der Waals surface area contributed by atoms with Crippen molar-refractivity contribution in [3.05, 3.63) is 41.6 Å². The molecule has 5 nitrogen and oxygen atoms in total. The van der Waals surface area contributed by atoms with Crippen molar-refractivity contribution in [1.82, 2.24) is 4.98 Å². The lowest BCUT2D eigenvalue weighted by Gasteiger charge is -2.09. The molecule has 2 aromatic rings. The number of nitrogens with one attached hydrogen (secondary N) is 1. The highest BCUT2D eigenvalue weighted by atomic mass is 32.1. The fraction of sp³-hybridized carbons (Fsp3) is 0.143. The van der Waals surface area contributed by atoms with Crippen molar-refractivity contribution >= 4 is 28.7 Å². The van der Waals surface area contributed by atoms with E-state index >= 15 is 0 Å². The molecule has 0 saturated carbocycles. The molecule has 3 rings (SSSR count). The molecule has 0 aliphatic carbocycles. The Morgan fingerprint density at radius 3 is 2.85 bits per heavy atom. The number of hydrogen-bond donors (Lipinski definition) is 2. The summed E-state index contributed by atoms with van der Waals surface area (Å²) in [6.45, 7) is 2.15. The molecule has 0 amide bonds. The highest BCUT2D eigenvalue weighted by Gasteiger charge is 2.13. The summed E-state index contributed by atoms with van der Waals surface area (Å²) in [7, 11) is 0. The van der Waals surface area contributed by atoms with Crippen molar-refractivity contribution in [2.45, 2.75) is 6.92 Å². The van der Waals surface area contributed by atoms with Crippen LogP contribution in [0.2, 0.25) is 0 Å². The third-order valence-corrected chi connectivity index (χ3v) is 3.12. The first kappa shape index (κ1) is 12.7. The summed E-state index contributed by atoms with van der Waals surface area (Å²) in [5.74, 6) is 2.15. The zero-order valence-electron chi connectivity index (χ0n) is 10.8. The molecule has 1 aromatic heterocycles. The zero-order chi connectivity index (χ0) is 14.1. The Labute approximate surface area is 121 Å². The molecule has 3 N–H and O–H groups in total. The van der Waals surface area contributed by atoms with E-state index in [-0.39, 0.29) is 6.79 Å². The number of rotatable bonds is 3. The topological polar surface area (TPSA) is 69.4 Å². The molecule has 6 heteroatoms. The van der Waals surface area contributed by atoms with Crippen LogP contribution in [0.5, 0.6) is 11.5 Å². The number of ether oxygens (including phenoxy) is 2. The first-order valence-electron chi connectivity index (χ1n) is 6.07. The fourth-order valence-corrected chi connectivity index (χ4v) is 2.11. The van der Waals surface area contributed by atoms with Crippen LogP contribution in [-0.2, 0) is 0 Å². The second-order valence-corrected chi connectivity index (χ2v) is 4.88. The minimum Gasteiger partial charge on any atom is -0.454 e. The van der Waals surface area contributed by atoms with Gasteiger partial charge in [-0.15, -0.1) is 0 Å². The maximum Gasteiger partial charge on any atom is 0.231 e. The summed E-state index contributed by atoms with van der Waals surface area (Å²) in [5, 5.41) is 3.21. The fourth-order valence-electron chi connectivity index (χ4n) is 2.00. The van der Waals surface area contributed by atoms with Gasteiger partial charge in [0.25, 0.3) is 0 Å². The van der Waals surface area contributed by atoms with Crippen LogP contribution in [0.4, 0.5) is 11.5 Å². The van der Waals surface area contributed by atoms with Crippen LogP contribution in [0.1, 0.15) is 11.3 Å². The van der Waals surface area contributed by atoms with Gasteiger partial charge in [0.1, 0.15) is 10.8 Å². The summed E-state index contributed by atoms with van der Waals surface area (Å²) < 4.78 is 10.6. The van der Waals surface area contributed by atoms with Gasteiger partial charge in [-0.3, -0.25) is 0 Å². The summed E-state index contributed by atoms with van der Waals surface area (Å²) in [6.07, 6.45) is 0. The Hall–Kier alpha value is -2.34. The van der Waals surface area contributed by atoms with Gasteiger partial charge < -0.3 is 20.5 Å². The Morgan fingerprint density at radius 1 is 1.25 bits per heavy atom. The van der Waals surface area contributed by atoms with Crippen molar-refractivity contribution in [3.8, 4) is 11.5 Å². The Morgan fingerprint density at radius 2 is 2.05 bits per heavy atom. The van der Waals surface area contributed by atoms with E-state index in [0.717, 1.165) is 28.4 Å². The zero-order valence-corrected chi connectivity index (χ0v) is 11.7. The third-order valence-electron chi connectivity index (χ3n) is 2.88. The first-order chi connectivity index (χ1) is 9.61. The van der Waals surface area contributed by atoms with Gasteiger partial charge in [0.15, 0.2) is 11.5 Å². The van der Waals surface area contributed by atoms with Gasteiger partial charge in [-0.25, -0.2) is 4.98 Å². The van der Waals surface area contributed by atoms with Crippen molar-refractivity contribution in [1.29, 1.82) is 0 Å². The van der Waals surface area contributed by atoms with E-state index in [1.165, 1.54) is 0 Å². The van der Waals surface area contributed by atoms with Crippen molar-refractivity contribution in [3.63, 3.8) is 0 Å². The summed E-state index contributed by atoms with van der Waals surface area (Å²) in [5.41, 5.74) is 8.15. The summed E-state index contributed by atoms with van der Waals surface area (Å²) in [6, 6.07) is 9.30. The molecule has 1 aliphatic heterocycles. The molecule has 102 valence electrons. The van der Waals surface area contributed by atoms with Crippen LogP contribution in [0, 0.1) is 6.92 Å². The predicted octanol–water partition coefficient (Wildman–Crippen LogP) is 2.50. The van der Waals surface area contributed by atoms with Gasteiger partial charge in [0, 0.05) is 23.0 Å². The smallest absolute Gasteiger partial charge is 0.231 e. The molecule has 1 aromatic carbocycles. The lowest BCUT2D eigenvalue weighted by Crippen LogP contribution is -2.10. The van der Waals surface area contributed by atoms with Crippen LogP contribution < -0.4 is 20.5 Å². The summed E-state index contributed by atoms with van der Waals surface area (Å²) >= 11 is 5.00. The Kier molecular flexibility index (Phi) is 3.15. The van der Waals surface area contributed by atoms with E-state index in [0.29, 0.717) is 10.8 Å². The average Bonchev–Trinajstić information content (AvgIpc) is 2.85. The number of anilines is 2. The highest BCUT2D eigenvalue weighted by molar-refractivity contribution is 7.80. The largest absolute Gasteiger partial charge is 0.454 e. The summed E-state index contributed by atoms with van der Waals surface area (Å²) in [4.78, 5) is 4.76. The van der Waals surface area contributed by atoms with E-state index in [1.807, 2.05) is 37.3 Å². The van der Waals surface area contributed by atoms with E-state index in [4.69, 9.17) is 27.4 Å². The normalized spacial score (nSPS) is 12.2. The van der Waals surface area contributed by atoms with Crippen molar-refractivity contribution in [2.75, 3.05) is 12.1 Å². The maximum atomic E-state index is 5.66. The molecule has 0 fully saturated rings. The van der Waals surface area contributed by atoms with Gasteiger partial charge in [0.2, 0.25) is 6.79 Å². The standard InChI is InChI=1S/C14H13N3O2S/c1-8-4-9(14(15)20)5-13(16-8)17-10-2-3-11-12(6-10)19-7-18-11/h2-6H,7H2,1H3,(H2,15,20)(H,16,17). The molecule has 2 heterocycles. The molecule has 20 heavy (non-hydrogen) atoms. The second kappa shape index (κ2) is 4.97. The van der Waals surface area contributed by atoms with Crippen LogP contribution in [-0.4, -0.2) is 16.8 Å². The molecule has 0 saturated heterocycles. The number of thiocarbonyl (C=S) groups is 1. The maximum absolute atomic E-state index is 5.66. The van der Waals surface area contributed by atoms with E-state index < -0.39 is 0 Å². The van der Waals surface area contributed by atoms with Gasteiger partial charge in [-0.05, 0) is 31.2 Å². The van der Waals surface area contributed by atoms with E-state index in [9.17, 15) is 0 Å². The Bertz CT molecular complexity index is 688. The molecule has 0 spiro atoms. The van der Waals surface area contributed by atoms with Gasteiger partial charge in [0.05, 0.1) is 0 Å². The first-order valence-corrected chi connectivity index (χ1v) is 6.48. The number of pyridine rings is 1. The molecule has 1 aliphatic rings. The highest BCUT2D eigenvalue weighted by Crippen LogP contribution is 2.34. The van der Waals surface area contributed by atoms with Crippen LogP contribution in [0.15, 0.2) is 30.3 Å². The molecule has 0 bridgehead atoms. The minimum atomic E-state index is 0.257. The van der Waals surface area contributed by atoms with E-state index in [1.54, 1.807) is 0 Å². The van der Waals surface area contributed by atoms with Crippen molar-refractivity contribution < 1.29 is 9.47 Å². The van der Waals surface area contributed by atoms with Gasteiger partial charge in [-0.1, -0.05) is 12.2 Å². The third kappa shape index (κ3) is 2.50. The van der Waals surface area contributed by atoms with Crippen LogP contribution in [0.25, 0.3) is 0 Å². The minimum absolute atomic E-state index is 0.257. The van der Waals surface area contributed by atoms with Crippen LogP contribution >= 0.6 is 12.2 Å². The number of nitrogens with two attached hydrogens (primary N) is 1. The average molecular weight is 287 g/mol. The number of fused-ring (bicyclic) bond motifs is 1. The van der Waals surface area contributed by atoms with Crippen molar-refractivity contribution in [2.24, 2.45) is 5.73 Å². The molecular weight excluding hydrogens is 274 g/mol. The molecule has 0 radical (unpaired) electrons. The number of nitrogens with zero attached hydrogens (tertiary/aromatic N) is 1. The Balaban J connectivity index is 1.89. The second-order valence-electron chi connectivity index (χ2n) is 4.44. The molecule has 0 unspecified atom stereocenters. The van der Waals surface area contributed by atoms with Crippen LogP contribution in [0.3, 0.4) is 0 Å². The van der Waals surface area contributed by atoms with Gasteiger partial charge in [-0.2, -0.15) is 0 Å².